The molecule has 0 aromatic heterocycles. The largest absolute Gasteiger partial charge is 0.303 e. The van der Waals surface area contributed by atoms with Crippen molar-refractivity contribution in [2.45, 2.75) is 78.1 Å². The van der Waals surface area contributed by atoms with Gasteiger partial charge in [-0.25, -0.2) is 0 Å². The molecule has 0 saturated carbocycles. The molecule has 1 aromatic rings. The van der Waals surface area contributed by atoms with Gasteiger partial charge in [0.2, 0.25) is 0 Å². The topological polar surface area (TPSA) is 3.24 Å². The highest BCUT2D eigenvalue weighted by Gasteiger charge is 2.20. The molecule has 1 atom stereocenters. The second-order valence-electron chi connectivity index (χ2n) is 8.35. The Morgan fingerprint density at radius 3 is 2.30 bits per heavy atom. The summed E-state index contributed by atoms with van der Waals surface area (Å²) in [5.74, 6) is 0.757. The molecular weight excluding hydrogens is 278 g/mol. The highest BCUT2D eigenvalue weighted by atomic mass is 15.1. The monoisotopic (exact) mass is 315 g/mol. The maximum Gasteiger partial charge on any atom is 0.00102 e. The van der Waals surface area contributed by atoms with Crippen LogP contribution in [0.3, 0.4) is 0 Å². The second kappa shape index (κ2) is 8.87. The Morgan fingerprint density at radius 2 is 1.70 bits per heavy atom. The van der Waals surface area contributed by atoms with Gasteiger partial charge < -0.3 is 4.90 Å². The van der Waals surface area contributed by atoms with Gasteiger partial charge in [0, 0.05) is 6.54 Å². The van der Waals surface area contributed by atoms with Gasteiger partial charge in [-0.1, -0.05) is 71.2 Å². The molecule has 1 aromatic carbocycles. The smallest absolute Gasteiger partial charge is 0.00102 e. The third kappa shape index (κ3) is 5.95. The van der Waals surface area contributed by atoms with Gasteiger partial charge in [0.05, 0.1) is 0 Å². The Bertz CT molecular complexity index is 440. The first-order chi connectivity index (χ1) is 11.0. The molecule has 1 aliphatic heterocycles. The van der Waals surface area contributed by atoms with Crippen molar-refractivity contribution < 1.29 is 0 Å². The fourth-order valence-corrected chi connectivity index (χ4v) is 3.90. The lowest BCUT2D eigenvalue weighted by molar-refractivity contribution is 0.200. The van der Waals surface area contributed by atoms with Crippen LogP contribution in [0.1, 0.15) is 77.3 Å². The van der Waals surface area contributed by atoms with Gasteiger partial charge in [0.25, 0.3) is 0 Å². The minimum absolute atomic E-state index is 0.313. The average molecular weight is 316 g/mol. The van der Waals surface area contributed by atoms with E-state index in [9.17, 15) is 0 Å². The molecule has 2 rings (SSSR count). The molecule has 1 aliphatic rings. The number of likely N-dealkylation sites (tertiary alicyclic amines) is 1. The molecule has 130 valence electrons. The van der Waals surface area contributed by atoms with Crippen molar-refractivity contribution in [3.05, 3.63) is 35.4 Å². The predicted molar refractivity (Wildman–Crippen MR) is 102 cm³/mol. The van der Waals surface area contributed by atoms with E-state index >= 15 is 0 Å². The van der Waals surface area contributed by atoms with Crippen molar-refractivity contribution in [3.63, 3.8) is 0 Å². The maximum atomic E-state index is 2.66. The molecule has 0 aliphatic carbocycles. The van der Waals surface area contributed by atoms with Crippen LogP contribution in [0.2, 0.25) is 0 Å². The first-order valence-electron chi connectivity index (χ1n) is 9.83. The molecule has 1 nitrogen and oxygen atoms in total. The van der Waals surface area contributed by atoms with Crippen LogP contribution >= 0.6 is 0 Å². The number of rotatable bonds is 8. The normalized spacial score (nSPS) is 18.1. The summed E-state index contributed by atoms with van der Waals surface area (Å²) in [4.78, 5) is 2.66. The van der Waals surface area contributed by atoms with E-state index in [2.05, 4.69) is 56.9 Å². The van der Waals surface area contributed by atoms with Crippen LogP contribution in [-0.2, 0) is 11.8 Å². The first kappa shape index (κ1) is 18.5. The number of hydrogen-bond acceptors (Lipinski definition) is 1. The summed E-state index contributed by atoms with van der Waals surface area (Å²) < 4.78 is 0. The van der Waals surface area contributed by atoms with Crippen LogP contribution in [0.5, 0.6) is 0 Å². The molecule has 0 amide bonds. The first-order valence-corrected chi connectivity index (χ1v) is 9.83. The summed E-state index contributed by atoms with van der Waals surface area (Å²) in [6.07, 6.45) is 9.33. The minimum Gasteiger partial charge on any atom is -0.303 e. The highest BCUT2D eigenvalue weighted by Crippen LogP contribution is 2.29. The van der Waals surface area contributed by atoms with Crippen molar-refractivity contribution in [1.82, 2.24) is 4.90 Å². The number of hydrogen-bond donors (Lipinski definition) is 0. The van der Waals surface area contributed by atoms with E-state index in [4.69, 9.17) is 0 Å². The molecule has 0 radical (unpaired) electrons. The van der Waals surface area contributed by atoms with E-state index in [1.807, 2.05) is 0 Å². The molecule has 1 heteroatoms. The SMILES string of the molecule is CCCCC(C)(C)c1ccc(CC(C)CN2CCCCC2)cc1. The maximum absolute atomic E-state index is 2.66. The number of piperidine rings is 1. The minimum atomic E-state index is 0.313. The van der Waals surface area contributed by atoms with E-state index in [-0.39, 0.29) is 0 Å². The summed E-state index contributed by atoms with van der Waals surface area (Å²) in [5.41, 5.74) is 3.32. The zero-order chi connectivity index (χ0) is 16.7. The van der Waals surface area contributed by atoms with Crippen LogP contribution in [0.15, 0.2) is 24.3 Å². The Hall–Kier alpha value is -0.820. The predicted octanol–water partition coefficient (Wildman–Crippen LogP) is 5.82. The summed E-state index contributed by atoms with van der Waals surface area (Å²) in [7, 11) is 0. The summed E-state index contributed by atoms with van der Waals surface area (Å²) in [6.45, 7) is 13.4. The van der Waals surface area contributed by atoms with E-state index in [1.165, 1.54) is 75.7 Å². The molecular formula is C22H37N. The highest BCUT2D eigenvalue weighted by molar-refractivity contribution is 5.28. The molecule has 1 saturated heterocycles. The fourth-order valence-electron chi connectivity index (χ4n) is 3.90. The molecule has 0 spiro atoms. The van der Waals surface area contributed by atoms with Crippen molar-refractivity contribution in [1.29, 1.82) is 0 Å². The molecule has 1 fully saturated rings. The van der Waals surface area contributed by atoms with E-state index in [0.29, 0.717) is 5.41 Å². The van der Waals surface area contributed by atoms with Gasteiger partial charge >= 0.3 is 0 Å². The molecule has 1 heterocycles. The van der Waals surface area contributed by atoms with Gasteiger partial charge in [0.15, 0.2) is 0 Å². The molecule has 0 N–H and O–H groups in total. The Labute approximate surface area is 144 Å². The zero-order valence-corrected chi connectivity index (χ0v) is 15.9. The summed E-state index contributed by atoms with van der Waals surface area (Å²) in [6, 6.07) is 9.49. The number of unbranched alkanes of at least 4 members (excludes halogenated alkanes) is 1. The Morgan fingerprint density at radius 1 is 1.04 bits per heavy atom. The number of benzene rings is 1. The quantitative estimate of drug-likeness (QED) is 0.584. The van der Waals surface area contributed by atoms with Gasteiger partial charge in [-0.15, -0.1) is 0 Å². The van der Waals surface area contributed by atoms with Crippen molar-refractivity contribution in [3.8, 4) is 0 Å². The Balaban J connectivity index is 1.86. The van der Waals surface area contributed by atoms with Crippen molar-refractivity contribution in [2.24, 2.45) is 5.92 Å². The standard InChI is InChI=1S/C22H37N/c1-5-6-14-22(3,4)21-12-10-20(11-13-21)17-19(2)18-23-15-8-7-9-16-23/h10-13,19H,5-9,14-18H2,1-4H3. The van der Waals surface area contributed by atoms with Gasteiger partial charge in [-0.3, -0.25) is 0 Å². The van der Waals surface area contributed by atoms with Gasteiger partial charge in [-0.2, -0.15) is 0 Å². The summed E-state index contributed by atoms with van der Waals surface area (Å²) >= 11 is 0. The Kier molecular flexibility index (Phi) is 7.14. The van der Waals surface area contributed by atoms with E-state index in [0.717, 1.165) is 5.92 Å². The molecule has 0 bridgehead atoms. The van der Waals surface area contributed by atoms with Crippen LogP contribution in [-0.4, -0.2) is 24.5 Å². The second-order valence-corrected chi connectivity index (χ2v) is 8.35. The molecule has 23 heavy (non-hydrogen) atoms. The third-order valence-corrected chi connectivity index (χ3v) is 5.49. The van der Waals surface area contributed by atoms with Crippen LogP contribution in [0.4, 0.5) is 0 Å². The fraction of sp³-hybridized carbons (Fsp3) is 0.727. The lowest BCUT2D eigenvalue weighted by atomic mass is 9.80. The average Bonchev–Trinajstić information content (AvgIpc) is 2.54. The van der Waals surface area contributed by atoms with Gasteiger partial charge in [-0.05, 0) is 61.2 Å². The van der Waals surface area contributed by atoms with Crippen molar-refractivity contribution in [2.75, 3.05) is 19.6 Å². The number of nitrogens with zero attached hydrogens (tertiary/aromatic N) is 1. The van der Waals surface area contributed by atoms with Crippen LogP contribution < -0.4 is 0 Å². The van der Waals surface area contributed by atoms with E-state index < -0.39 is 0 Å². The third-order valence-electron chi connectivity index (χ3n) is 5.49. The van der Waals surface area contributed by atoms with E-state index in [1.54, 1.807) is 0 Å². The van der Waals surface area contributed by atoms with Crippen molar-refractivity contribution >= 4 is 0 Å². The lowest BCUT2D eigenvalue weighted by Gasteiger charge is -2.29. The van der Waals surface area contributed by atoms with Crippen LogP contribution in [0, 0.1) is 5.92 Å². The lowest BCUT2D eigenvalue weighted by Crippen LogP contribution is -2.34. The molecule has 1 unspecified atom stereocenters. The van der Waals surface area contributed by atoms with Gasteiger partial charge in [0.1, 0.15) is 0 Å². The van der Waals surface area contributed by atoms with Crippen LogP contribution in [0.25, 0.3) is 0 Å². The zero-order valence-electron chi connectivity index (χ0n) is 15.9. The summed E-state index contributed by atoms with van der Waals surface area (Å²) in [5, 5.41) is 0.